The maximum atomic E-state index is 12.4. The molecule has 2 aromatic rings. The molecule has 1 saturated heterocycles. The van der Waals surface area contributed by atoms with Crippen molar-refractivity contribution in [3.8, 4) is 11.5 Å². The molecule has 0 spiro atoms. The number of halogens is 2. The first-order valence-corrected chi connectivity index (χ1v) is 9.78. The smallest absolute Gasteiger partial charge is 0.329 e. The van der Waals surface area contributed by atoms with Crippen LogP contribution in [0.25, 0.3) is 6.08 Å². The lowest BCUT2D eigenvalue weighted by Gasteiger charge is -2.14. The van der Waals surface area contributed by atoms with Gasteiger partial charge in [0.15, 0.2) is 11.5 Å². The summed E-state index contributed by atoms with van der Waals surface area (Å²) in [7, 11) is 1.50. The Morgan fingerprint density at radius 1 is 1.14 bits per heavy atom. The summed E-state index contributed by atoms with van der Waals surface area (Å²) in [6.07, 6.45) is 2.24. The lowest BCUT2D eigenvalue weighted by molar-refractivity contribution is -0.122. The minimum Gasteiger partial charge on any atom is -0.493 e. The third-order valence-electron chi connectivity index (χ3n) is 4.30. The zero-order valence-corrected chi connectivity index (χ0v) is 17.5. The molecule has 29 heavy (non-hydrogen) atoms. The van der Waals surface area contributed by atoms with Crippen LogP contribution in [-0.2, 0) is 11.4 Å². The molecule has 1 N–H and O–H groups in total. The van der Waals surface area contributed by atoms with Gasteiger partial charge in [0.1, 0.15) is 12.3 Å². The standard InChI is InChI=1S/C21H20Cl2N2O4/c1-3-8-25-20(26)17(24-21(25)27)10-13-9-16(23)19(18(11-13)28-2)29-12-14-6-4-5-7-15(14)22/h4-7,9-11H,3,8,12H2,1-2H3,(H,24,27)/b17-10+. The molecule has 0 bridgehead atoms. The zero-order chi connectivity index (χ0) is 21.0. The van der Waals surface area contributed by atoms with Crippen molar-refractivity contribution in [3.63, 3.8) is 0 Å². The highest BCUT2D eigenvalue weighted by molar-refractivity contribution is 6.32. The average molecular weight is 435 g/mol. The summed E-state index contributed by atoms with van der Waals surface area (Å²) in [5, 5.41) is 3.48. The van der Waals surface area contributed by atoms with Crippen LogP contribution in [0.2, 0.25) is 10.0 Å². The van der Waals surface area contributed by atoms with Crippen molar-refractivity contribution in [3.05, 3.63) is 63.3 Å². The summed E-state index contributed by atoms with van der Waals surface area (Å²) < 4.78 is 11.2. The van der Waals surface area contributed by atoms with E-state index in [0.717, 1.165) is 5.56 Å². The summed E-state index contributed by atoms with van der Waals surface area (Å²) in [5.41, 5.74) is 1.60. The van der Waals surface area contributed by atoms with Gasteiger partial charge in [-0.1, -0.05) is 48.3 Å². The second-order valence-corrected chi connectivity index (χ2v) is 7.17. The molecule has 0 atom stereocenters. The Labute approximate surface area is 179 Å². The second kappa shape index (κ2) is 9.20. The first-order valence-electron chi connectivity index (χ1n) is 9.02. The number of hydrogen-bond donors (Lipinski definition) is 1. The second-order valence-electron chi connectivity index (χ2n) is 6.36. The molecule has 0 saturated carbocycles. The number of amides is 3. The van der Waals surface area contributed by atoms with E-state index >= 15 is 0 Å². The molecule has 0 unspecified atom stereocenters. The number of methoxy groups -OCH3 is 1. The molecule has 1 aliphatic rings. The van der Waals surface area contributed by atoms with E-state index in [1.165, 1.54) is 12.0 Å². The van der Waals surface area contributed by atoms with Gasteiger partial charge in [-0.25, -0.2) is 4.79 Å². The van der Waals surface area contributed by atoms with Gasteiger partial charge in [0.2, 0.25) is 0 Å². The van der Waals surface area contributed by atoms with Gasteiger partial charge in [-0.3, -0.25) is 9.69 Å². The molecule has 6 nitrogen and oxygen atoms in total. The third kappa shape index (κ3) is 4.66. The topological polar surface area (TPSA) is 67.9 Å². The first-order chi connectivity index (χ1) is 13.9. The average Bonchev–Trinajstić information content (AvgIpc) is 2.95. The summed E-state index contributed by atoms with van der Waals surface area (Å²) >= 11 is 12.6. The van der Waals surface area contributed by atoms with Crippen LogP contribution in [0.1, 0.15) is 24.5 Å². The molecule has 2 aromatic carbocycles. The molecule has 1 fully saturated rings. The van der Waals surface area contributed by atoms with Gasteiger partial charge in [0.25, 0.3) is 5.91 Å². The minimum atomic E-state index is -0.430. The number of urea groups is 1. The number of rotatable bonds is 7. The number of carbonyl (C=O) groups excluding carboxylic acids is 2. The lowest BCUT2D eigenvalue weighted by atomic mass is 10.1. The number of nitrogens with one attached hydrogen (secondary N) is 1. The molecular formula is C21H20Cl2N2O4. The molecule has 3 rings (SSSR count). The Morgan fingerprint density at radius 2 is 1.90 bits per heavy atom. The van der Waals surface area contributed by atoms with Crippen molar-refractivity contribution in [1.29, 1.82) is 0 Å². The Hall–Kier alpha value is -2.70. The maximum Gasteiger partial charge on any atom is 0.329 e. The van der Waals surface area contributed by atoms with Crippen LogP contribution in [0.5, 0.6) is 11.5 Å². The Bertz CT molecular complexity index is 975. The van der Waals surface area contributed by atoms with Gasteiger partial charge in [-0.15, -0.1) is 0 Å². The van der Waals surface area contributed by atoms with E-state index < -0.39 is 6.03 Å². The van der Waals surface area contributed by atoms with E-state index in [-0.39, 0.29) is 18.2 Å². The number of hydrogen-bond acceptors (Lipinski definition) is 4. The highest BCUT2D eigenvalue weighted by Gasteiger charge is 2.32. The van der Waals surface area contributed by atoms with Crippen LogP contribution in [0, 0.1) is 0 Å². The number of carbonyl (C=O) groups is 2. The summed E-state index contributed by atoms with van der Waals surface area (Å²) in [4.78, 5) is 25.5. The van der Waals surface area contributed by atoms with E-state index in [1.807, 2.05) is 25.1 Å². The minimum absolute atomic E-state index is 0.186. The van der Waals surface area contributed by atoms with Gasteiger partial charge in [0, 0.05) is 17.1 Å². The molecule has 0 aliphatic carbocycles. The van der Waals surface area contributed by atoms with E-state index in [0.29, 0.717) is 40.1 Å². The Balaban J connectivity index is 1.84. The molecule has 152 valence electrons. The highest BCUT2D eigenvalue weighted by atomic mass is 35.5. The van der Waals surface area contributed by atoms with Gasteiger partial charge >= 0.3 is 6.03 Å². The molecule has 0 aromatic heterocycles. The first kappa shape index (κ1) is 21.0. The fourth-order valence-corrected chi connectivity index (χ4v) is 3.36. The zero-order valence-electron chi connectivity index (χ0n) is 16.0. The normalized spacial score (nSPS) is 15.0. The number of ether oxygens (including phenoxy) is 2. The van der Waals surface area contributed by atoms with E-state index in [9.17, 15) is 9.59 Å². The fourth-order valence-electron chi connectivity index (χ4n) is 2.89. The maximum absolute atomic E-state index is 12.4. The van der Waals surface area contributed by atoms with Crippen molar-refractivity contribution >= 4 is 41.2 Å². The van der Waals surface area contributed by atoms with Crippen LogP contribution < -0.4 is 14.8 Å². The summed E-state index contributed by atoms with van der Waals surface area (Å²) in [5.74, 6) is 0.398. The van der Waals surface area contributed by atoms with Crippen molar-refractivity contribution in [2.24, 2.45) is 0 Å². The van der Waals surface area contributed by atoms with Crippen molar-refractivity contribution in [1.82, 2.24) is 10.2 Å². The summed E-state index contributed by atoms with van der Waals surface area (Å²) in [6, 6.07) is 10.2. The van der Waals surface area contributed by atoms with Crippen LogP contribution in [0.3, 0.4) is 0 Å². The molecule has 1 heterocycles. The van der Waals surface area contributed by atoms with Crippen LogP contribution >= 0.6 is 23.2 Å². The van der Waals surface area contributed by atoms with Gasteiger partial charge in [0.05, 0.1) is 12.1 Å². The molecule has 8 heteroatoms. The van der Waals surface area contributed by atoms with E-state index in [2.05, 4.69) is 5.32 Å². The van der Waals surface area contributed by atoms with Gasteiger partial charge in [-0.05, 0) is 36.3 Å². The van der Waals surface area contributed by atoms with Crippen LogP contribution in [0.15, 0.2) is 42.1 Å². The molecule has 3 amide bonds. The number of nitrogens with zero attached hydrogens (tertiary/aromatic N) is 1. The van der Waals surface area contributed by atoms with Gasteiger partial charge in [-0.2, -0.15) is 0 Å². The monoisotopic (exact) mass is 434 g/mol. The highest BCUT2D eigenvalue weighted by Crippen LogP contribution is 2.38. The summed E-state index contributed by atoms with van der Waals surface area (Å²) in [6.45, 7) is 2.48. The van der Waals surface area contributed by atoms with Crippen LogP contribution in [-0.4, -0.2) is 30.5 Å². The van der Waals surface area contributed by atoms with Crippen molar-refractivity contribution < 1.29 is 19.1 Å². The predicted octanol–water partition coefficient (Wildman–Crippen LogP) is 4.88. The van der Waals surface area contributed by atoms with Crippen molar-refractivity contribution in [2.45, 2.75) is 20.0 Å². The number of benzene rings is 2. The fraction of sp³-hybridized carbons (Fsp3) is 0.238. The molecule has 1 aliphatic heterocycles. The Morgan fingerprint density at radius 3 is 2.59 bits per heavy atom. The molecular weight excluding hydrogens is 415 g/mol. The Kier molecular flexibility index (Phi) is 6.67. The SMILES string of the molecule is CCCN1C(=O)N/C(=C/c2cc(Cl)c(OCc3ccccc3Cl)c(OC)c2)C1=O. The van der Waals surface area contributed by atoms with Crippen LogP contribution in [0.4, 0.5) is 4.79 Å². The quantitative estimate of drug-likeness (QED) is 0.497. The van der Waals surface area contributed by atoms with E-state index in [4.69, 9.17) is 32.7 Å². The lowest BCUT2D eigenvalue weighted by Crippen LogP contribution is -2.31. The van der Waals surface area contributed by atoms with Gasteiger partial charge < -0.3 is 14.8 Å². The predicted molar refractivity (Wildman–Crippen MR) is 112 cm³/mol. The van der Waals surface area contributed by atoms with E-state index in [1.54, 1.807) is 24.3 Å². The number of imide groups is 1. The molecule has 0 radical (unpaired) electrons. The largest absolute Gasteiger partial charge is 0.493 e. The van der Waals surface area contributed by atoms with Crippen molar-refractivity contribution in [2.75, 3.05) is 13.7 Å². The third-order valence-corrected chi connectivity index (χ3v) is 4.95.